The Kier molecular flexibility index (Phi) is 4.70. The van der Waals surface area contributed by atoms with E-state index >= 15 is 0 Å². The summed E-state index contributed by atoms with van der Waals surface area (Å²) in [5.41, 5.74) is 7.33. The van der Waals surface area contributed by atoms with Gasteiger partial charge in [0, 0.05) is 23.7 Å². The standard InChI is InChI=1S/C24H20F3N3O2/c25-24(26,27)16-5-3-4-15(11-16)18-12-21(31)30(23(18)32)22-17-6-1-2-7-19(17)29-9-8-14(13-28)10-20(22)29/h1-7,11-12,14H,8-10,13,28H2. The van der Waals surface area contributed by atoms with E-state index in [4.69, 9.17) is 5.73 Å². The van der Waals surface area contributed by atoms with Crippen molar-refractivity contribution in [3.63, 3.8) is 0 Å². The number of carbonyl (C=O) groups excluding carboxylic acids is 2. The van der Waals surface area contributed by atoms with Gasteiger partial charge in [-0.3, -0.25) is 9.59 Å². The monoisotopic (exact) mass is 439 g/mol. The normalized spacial score (nSPS) is 18.9. The van der Waals surface area contributed by atoms with Crippen LogP contribution < -0.4 is 10.6 Å². The molecule has 3 heterocycles. The molecule has 3 aromatic rings. The van der Waals surface area contributed by atoms with Crippen LogP contribution in [0.2, 0.25) is 0 Å². The summed E-state index contributed by atoms with van der Waals surface area (Å²) >= 11 is 0. The van der Waals surface area contributed by atoms with Gasteiger partial charge in [-0.25, -0.2) is 4.90 Å². The second-order valence-corrected chi connectivity index (χ2v) is 8.17. The third kappa shape index (κ3) is 3.14. The Bertz CT molecular complexity index is 1290. The number of alkyl halides is 3. The zero-order valence-corrected chi connectivity index (χ0v) is 17.0. The molecule has 2 aromatic carbocycles. The first kappa shape index (κ1) is 20.5. The maximum absolute atomic E-state index is 13.4. The number of nitrogens with zero attached hydrogens (tertiary/aromatic N) is 2. The van der Waals surface area contributed by atoms with E-state index in [0.29, 0.717) is 18.7 Å². The fourth-order valence-corrected chi connectivity index (χ4v) is 4.69. The van der Waals surface area contributed by atoms with E-state index in [1.807, 2.05) is 24.3 Å². The van der Waals surface area contributed by atoms with E-state index in [9.17, 15) is 22.8 Å². The summed E-state index contributed by atoms with van der Waals surface area (Å²) in [7, 11) is 0. The SMILES string of the molecule is NCC1CCn2c(c(N3C(=O)C=C(c4cccc(C(F)(F)F)c4)C3=O)c3ccccc32)C1. The zero-order valence-electron chi connectivity index (χ0n) is 17.0. The van der Waals surface area contributed by atoms with Crippen molar-refractivity contribution in [2.24, 2.45) is 11.7 Å². The van der Waals surface area contributed by atoms with Crippen LogP contribution in [0.1, 0.15) is 23.2 Å². The Hall–Kier alpha value is -3.39. The molecule has 1 aromatic heterocycles. The Labute approximate surface area is 181 Å². The second kappa shape index (κ2) is 7.34. The van der Waals surface area contributed by atoms with Crippen molar-refractivity contribution in [1.82, 2.24) is 4.57 Å². The zero-order chi connectivity index (χ0) is 22.6. The molecule has 0 saturated carbocycles. The Balaban J connectivity index is 1.61. The number of imide groups is 1. The lowest BCUT2D eigenvalue weighted by Gasteiger charge is -2.26. The Morgan fingerprint density at radius 2 is 1.84 bits per heavy atom. The van der Waals surface area contributed by atoms with Crippen molar-refractivity contribution in [2.75, 3.05) is 11.4 Å². The molecule has 0 radical (unpaired) electrons. The summed E-state index contributed by atoms with van der Waals surface area (Å²) in [5, 5.41) is 0.764. The lowest BCUT2D eigenvalue weighted by molar-refractivity contribution is -0.137. The summed E-state index contributed by atoms with van der Waals surface area (Å²) in [6.45, 7) is 1.22. The molecule has 5 nitrogen and oxygen atoms in total. The quantitative estimate of drug-likeness (QED) is 0.624. The second-order valence-electron chi connectivity index (χ2n) is 8.17. The molecule has 1 unspecified atom stereocenters. The number of carbonyl (C=O) groups is 2. The molecule has 5 rings (SSSR count). The summed E-state index contributed by atoms with van der Waals surface area (Å²) in [6, 6.07) is 12.0. The lowest BCUT2D eigenvalue weighted by atomic mass is 9.95. The van der Waals surface area contributed by atoms with Gasteiger partial charge < -0.3 is 10.3 Å². The lowest BCUT2D eigenvalue weighted by Crippen LogP contribution is -2.33. The molecule has 2 N–H and O–H groups in total. The number of amides is 2. The van der Waals surface area contributed by atoms with Crippen LogP contribution in [-0.2, 0) is 28.7 Å². The van der Waals surface area contributed by atoms with Crippen LogP contribution in [0.4, 0.5) is 18.9 Å². The number of hydrogen-bond acceptors (Lipinski definition) is 3. The number of aryl methyl sites for hydroxylation is 1. The van der Waals surface area contributed by atoms with E-state index in [1.165, 1.54) is 12.1 Å². The van der Waals surface area contributed by atoms with Gasteiger partial charge in [-0.15, -0.1) is 0 Å². The highest BCUT2D eigenvalue weighted by Crippen LogP contribution is 2.42. The first-order valence-corrected chi connectivity index (χ1v) is 10.4. The van der Waals surface area contributed by atoms with Crippen molar-refractivity contribution in [2.45, 2.75) is 25.6 Å². The number of anilines is 1. The molecule has 2 aliphatic rings. The minimum atomic E-state index is -4.54. The highest BCUT2D eigenvalue weighted by atomic mass is 19.4. The van der Waals surface area contributed by atoms with Gasteiger partial charge in [0.1, 0.15) is 0 Å². The van der Waals surface area contributed by atoms with Gasteiger partial charge in [0.05, 0.1) is 22.3 Å². The smallest absolute Gasteiger partial charge is 0.343 e. The molecular formula is C24H20F3N3O2. The molecule has 0 spiro atoms. The molecule has 8 heteroatoms. The largest absolute Gasteiger partial charge is 0.416 e. The van der Waals surface area contributed by atoms with Gasteiger partial charge in [-0.05, 0) is 49.1 Å². The van der Waals surface area contributed by atoms with Crippen molar-refractivity contribution in [1.29, 1.82) is 0 Å². The molecule has 0 fully saturated rings. The number of aromatic nitrogens is 1. The third-order valence-corrected chi connectivity index (χ3v) is 6.27. The third-order valence-electron chi connectivity index (χ3n) is 6.27. The molecule has 0 bridgehead atoms. The molecule has 164 valence electrons. The molecule has 2 amide bonds. The minimum absolute atomic E-state index is 0.0451. The van der Waals surface area contributed by atoms with Crippen LogP contribution in [-0.4, -0.2) is 22.9 Å². The number of nitrogens with two attached hydrogens (primary N) is 1. The first-order chi connectivity index (χ1) is 15.3. The number of halogens is 3. The van der Waals surface area contributed by atoms with Gasteiger partial charge in [0.25, 0.3) is 11.8 Å². The van der Waals surface area contributed by atoms with Gasteiger partial charge in [0.15, 0.2) is 0 Å². The minimum Gasteiger partial charge on any atom is -0.343 e. The highest BCUT2D eigenvalue weighted by molar-refractivity contribution is 6.44. The van der Waals surface area contributed by atoms with Crippen molar-refractivity contribution in [3.8, 4) is 0 Å². The Morgan fingerprint density at radius 3 is 2.59 bits per heavy atom. The molecule has 2 aliphatic heterocycles. The number of para-hydroxylation sites is 1. The van der Waals surface area contributed by atoms with Crippen LogP contribution in [0, 0.1) is 5.92 Å². The number of benzene rings is 2. The average Bonchev–Trinajstić information content (AvgIpc) is 3.26. The predicted octanol–water partition coefficient (Wildman–Crippen LogP) is 4.14. The van der Waals surface area contributed by atoms with Crippen LogP contribution in [0.3, 0.4) is 0 Å². The van der Waals surface area contributed by atoms with Crippen LogP contribution in [0.25, 0.3) is 16.5 Å². The van der Waals surface area contributed by atoms with E-state index in [-0.39, 0.29) is 17.1 Å². The number of hydrogen-bond donors (Lipinski definition) is 1. The summed E-state index contributed by atoms with van der Waals surface area (Å²) < 4.78 is 41.6. The molecular weight excluding hydrogens is 419 g/mol. The maximum atomic E-state index is 13.4. The van der Waals surface area contributed by atoms with E-state index in [2.05, 4.69) is 4.57 Å². The van der Waals surface area contributed by atoms with E-state index < -0.39 is 23.6 Å². The summed E-state index contributed by atoms with van der Waals surface area (Å²) in [4.78, 5) is 27.5. The summed E-state index contributed by atoms with van der Waals surface area (Å²) in [6.07, 6.45) is -1.90. The Morgan fingerprint density at radius 1 is 1.06 bits per heavy atom. The maximum Gasteiger partial charge on any atom is 0.416 e. The predicted molar refractivity (Wildman–Crippen MR) is 115 cm³/mol. The van der Waals surface area contributed by atoms with E-state index in [1.54, 1.807) is 0 Å². The first-order valence-electron chi connectivity index (χ1n) is 10.4. The fourth-order valence-electron chi connectivity index (χ4n) is 4.69. The number of fused-ring (bicyclic) bond motifs is 3. The number of rotatable bonds is 3. The van der Waals surface area contributed by atoms with Crippen LogP contribution in [0.5, 0.6) is 0 Å². The average molecular weight is 439 g/mol. The van der Waals surface area contributed by atoms with Gasteiger partial charge in [-0.2, -0.15) is 13.2 Å². The van der Waals surface area contributed by atoms with Crippen molar-refractivity contribution in [3.05, 3.63) is 71.4 Å². The van der Waals surface area contributed by atoms with Gasteiger partial charge in [0.2, 0.25) is 0 Å². The topological polar surface area (TPSA) is 68.3 Å². The van der Waals surface area contributed by atoms with Crippen molar-refractivity contribution >= 4 is 34.0 Å². The van der Waals surface area contributed by atoms with Crippen LogP contribution >= 0.6 is 0 Å². The van der Waals surface area contributed by atoms with Crippen molar-refractivity contribution < 1.29 is 22.8 Å². The fraction of sp³-hybridized carbons (Fsp3) is 0.250. The molecule has 0 saturated heterocycles. The van der Waals surface area contributed by atoms with E-state index in [0.717, 1.165) is 52.7 Å². The molecule has 0 aliphatic carbocycles. The summed E-state index contributed by atoms with van der Waals surface area (Å²) in [5.74, 6) is -0.950. The molecule has 32 heavy (non-hydrogen) atoms. The van der Waals surface area contributed by atoms with Gasteiger partial charge >= 0.3 is 6.18 Å². The molecule has 1 atom stereocenters. The highest BCUT2D eigenvalue weighted by Gasteiger charge is 2.39. The van der Waals surface area contributed by atoms with Gasteiger partial charge in [-0.1, -0.05) is 30.3 Å². The van der Waals surface area contributed by atoms with Crippen LogP contribution in [0.15, 0.2) is 54.6 Å².